The molecule has 0 spiro atoms. The molecular weight excluding hydrogens is 204 g/mol. The Hall–Kier alpha value is -2.10. The van der Waals surface area contributed by atoms with E-state index < -0.39 is 10.9 Å². The molecule has 0 unspecified atom stereocenters. The van der Waals surface area contributed by atoms with E-state index in [2.05, 4.69) is 10.6 Å². The highest BCUT2D eigenvalue weighted by Crippen LogP contribution is 2.20. The van der Waals surface area contributed by atoms with Gasteiger partial charge in [0.1, 0.15) is 11.4 Å². The number of aryl methyl sites for hydroxylation is 1. The highest BCUT2D eigenvalue weighted by Gasteiger charge is 2.19. The quantitative estimate of drug-likeness (QED) is 0.761. The summed E-state index contributed by atoms with van der Waals surface area (Å²) in [4.78, 5) is 22.5. The lowest BCUT2D eigenvalue weighted by atomic mass is 10.1. The molecule has 0 atom stereocenters. The molecule has 2 aromatic rings. The average molecular weight is 216 g/mol. The Morgan fingerprint density at radius 1 is 1.06 bits per heavy atom. The first kappa shape index (κ1) is 10.4. The van der Waals surface area contributed by atoms with Gasteiger partial charge in [0, 0.05) is 12.7 Å². The molecule has 0 bridgehead atoms. The van der Waals surface area contributed by atoms with Gasteiger partial charge in [0.15, 0.2) is 0 Å². The van der Waals surface area contributed by atoms with Gasteiger partial charge < -0.3 is 10.6 Å². The van der Waals surface area contributed by atoms with E-state index >= 15 is 0 Å². The normalized spacial score (nSPS) is 10.4. The third-order valence-electron chi connectivity index (χ3n) is 2.45. The van der Waals surface area contributed by atoms with Crippen LogP contribution in [-0.4, -0.2) is 7.05 Å². The number of nitrogens with one attached hydrogen (secondary N) is 2. The van der Waals surface area contributed by atoms with E-state index in [1.165, 1.54) is 0 Å². The van der Waals surface area contributed by atoms with Crippen molar-refractivity contribution in [3.05, 3.63) is 50.3 Å². The highest BCUT2D eigenvalue weighted by molar-refractivity contribution is 5.78. The zero-order valence-corrected chi connectivity index (χ0v) is 9.13. The number of anilines is 3. The van der Waals surface area contributed by atoms with Crippen molar-refractivity contribution < 1.29 is 0 Å². The molecule has 4 heteroatoms. The van der Waals surface area contributed by atoms with E-state index in [-0.39, 0.29) is 0 Å². The summed E-state index contributed by atoms with van der Waals surface area (Å²) in [7, 11) is 1.62. The third kappa shape index (κ3) is 1.58. The second-order valence-corrected chi connectivity index (χ2v) is 3.65. The smallest absolute Gasteiger partial charge is 0.253 e. The van der Waals surface area contributed by atoms with E-state index in [1.807, 2.05) is 31.2 Å². The fourth-order valence-electron chi connectivity index (χ4n) is 1.62. The van der Waals surface area contributed by atoms with Gasteiger partial charge in [-0.25, -0.2) is 0 Å². The Labute approximate surface area is 92.6 Å². The van der Waals surface area contributed by atoms with E-state index in [9.17, 15) is 9.59 Å². The molecule has 2 N–H and O–H groups in total. The molecule has 4 nitrogen and oxygen atoms in total. The predicted octanol–water partition coefficient (Wildman–Crippen LogP) is 1.38. The lowest BCUT2D eigenvalue weighted by Gasteiger charge is -2.12. The Kier molecular flexibility index (Phi) is 2.48. The van der Waals surface area contributed by atoms with Crippen molar-refractivity contribution in [2.24, 2.45) is 0 Å². The topological polar surface area (TPSA) is 58.2 Å². The Morgan fingerprint density at radius 2 is 1.75 bits per heavy atom. The standard InChI is InChI=1S/C12H12N2O2/c1-7-4-3-5-8(6-7)14-10-9(13-2)11(15)12(10)16/h3-6,13-14H,1-2H3. The van der Waals surface area contributed by atoms with Crippen LogP contribution in [0.15, 0.2) is 33.9 Å². The number of hydrogen-bond donors (Lipinski definition) is 2. The van der Waals surface area contributed by atoms with Crippen LogP contribution in [0.3, 0.4) is 0 Å². The zero-order chi connectivity index (χ0) is 11.7. The van der Waals surface area contributed by atoms with Gasteiger partial charge in [-0.1, -0.05) is 12.1 Å². The van der Waals surface area contributed by atoms with Crippen molar-refractivity contribution in [3.63, 3.8) is 0 Å². The Bertz CT molecular complexity index is 595. The fraction of sp³-hybridized carbons (Fsp3) is 0.167. The lowest BCUT2D eigenvalue weighted by Crippen LogP contribution is -2.35. The summed E-state index contributed by atoms with van der Waals surface area (Å²) in [5, 5.41) is 5.66. The summed E-state index contributed by atoms with van der Waals surface area (Å²) in [6, 6.07) is 7.62. The van der Waals surface area contributed by atoms with Crippen molar-refractivity contribution in [2.45, 2.75) is 6.92 Å². The van der Waals surface area contributed by atoms with Gasteiger partial charge in [0.05, 0.1) is 0 Å². The van der Waals surface area contributed by atoms with Gasteiger partial charge in [-0.3, -0.25) is 9.59 Å². The first-order valence-electron chi connectivity index (χ1n) is 4.98. The van der Waals surface area contributed by atoms with Crippen LogP contribution in [0.25, 0.3) is 0 Å². The lowest BCUT2D eigenvalue weighted by molar-refractivity contribution is 1.33. The molecule has 0 saturated carbocycles. The summed E-state index contributed by atoms with van der Waals surface area (Å²) in [6.45, 7) is 1.96. The van der Waals surface area contributed by atoms with Crippen LogP contribution in [-0.2, 0) is 0 Å². The largest absolute Gasteiger partial charge is 0.383 e. The molecule has 2 rings (SSSR count). The van der Waals surface area contributed by atoms with Gasteiger partial charge in [0.25, 0.3) is 10.9 Å². The van der Waals surface area contributed by atoms with Gasteiger partial charge >= 0.3 is 0 Å². The van der Waals surface area contributed by atoms with Crippen LogP contribution < -0.4 is 21.5 Å². The number of benzene rings is 1. The molecule has 0 fully saturated rings. The molecule has 0 aliphatic carbocycles. The van der Waals surface area contributed by atoms with Gasteiger partial charge in [0.2, 0.25) is 0 Å². The van der Waals surface area contributed by atoms with Crippen molar-refractivity contribution in [3.8, 4) is 0 Å². The molecule has 0 aromatic heterocycles. The van der Waals surface area contributed by atoms with E-state index in [4.69, 9.17) is 0 Å². The van der Waals surface area contributed by atoms with Crippen LogP contribution in [0.1, 0.15) is 5.56 Å². The van der Waals surface area contributed by atoms with Crippen LogP contribution in [0.4, 0.5) is 17.1 Å². The minimum absolute atomic E-state index is 0.345. The second-order valence-electron chi connectivity index (χ2n) is 3.65. The minimum Gasteiger partial charge on any atom is -0.383 e. The first-order valence-corrected chi connectivity index (χ1v) is 4.98. The molecule has 0 aliphatic rings. The molecule has 0 amide bonds. The number of rotatable bonds is 3. The molecule has 16 heavy (non-hydrogen) atoms. The maximum atomic E-state index is 11.3. The first-order chi connectivity index (χ1) is 7.63. The molecule has 0 aliphatic heterocycles. The zero-order valence-electron chi connectivity index (χ0n) is 9.13. The third-order valence-corrected chi connectivity index (χ3v) is 2.45. The van der Waals surface area contributed by atoms with Crippen molar-refractivity contribution in [1.82, 2.24) is 0 Å². The molecule has 82 valence electrons. The molecular formula is C12H12N2O2. The maximum absolute atomic E-state index is 11.3. The van der Waals surface area contributed by atoms with E-state index in [0.29, 0.717) is 11.4 Å². The summed E-state index contributed by atoms with van der Waals surface area (Å²) in [5.41, 5.74) is 1.67. The highest BCUT2D eigenvalue weighted by atomic mass is 16.2. The van der Waals surface area contributed by atoms with Crippen LogP contribution in [0.2, 0.25) is 0 Å². The van der Waals surface area contributed by atoms with E-state index in [1.54, 1.807) is 7.05 Å². The molecule has 0 saturated heterocycles. The summed E-state index contributed by atoms with van der Waals surface area (Å²) >= 11 is 0. The Balaban J connectivity index is 2.32. The summed E-state index contributed by atoms with van der Waals surface area (Å²) in [6.07, 6.45) is 0. The molecule has 2 aromatic carbocycles. The van der Waals surface area contributed by atoms with Gasteiger partial charge in [-0.2, -0.15) is 0 Å². The van der Waals surface area contributed by atoms with Crippen LogP contribution in [0.5, 0.6) is 0 Å². The van der Waals surface area contributed by atoms with Crippen molar-refractivity contribution in [2.75, 3.05) is 17.7 Å². The maximum Gasteiger partial charge on any atom is 0.253 e. The SMILES string of the molecule is CNc1c(Nc2cccc(C)c2)c(=O)c1=O. The van der Waals surface area contributed by atoms with Gasteiger partial charge in [-0.15, -0.1) is 0 Å². The number of hydrogen-bond acceptors (Lipinski definition) is 4. The minimum atomic E-state index is -0.467. The van der Waals surface area contributed by atoms with Gasteiger partial charge in [-0.05, 0) is 24.6 Å². The molecule has 0 heterocycles. The predicted molar refractivity (Wildman–Crippen MR) is 65.4 cm³/mol. The van der Waals surface area contributed by atoms with Crippen LogP contribution >= 0.6 is 0 Å². The average Bonchev–Trinajstić information content (AvgIpc) is 2.28. The monoisotopic (exact) mass is 216 g/mol. The second kappa shape index (κ2) is 3.81. The molecule has 0 radical (unpaired) electrons. The van der Waals surface area contributed by atoms with Crippen molar-refractivity contribution >= 4 is 17.1 Å². The summed E-state index contributed by atoms with van der Waals surface area (Å²) in [5.74, 6) is 0. The van der Waals surface area contributed by atoms with E-state index in [0.717, 1.165) is 11.3 Å². The Morgan fingerprint density at radius 3 is 2.38 bits per heavy atom. The van der Waals surface area contributed by atoms with Crippen molar-refractivity contribution in [1.29, 1.82) is 0 Å². The summed E-state index contributed by atoms with van der Waals surface area (Å²) < 4.78 is 0. The fourth-order valence-corrected chi connectivity index (χ4v) is 1.62. The van der Waals surface area contributed by atoms with Crippen LogP contribution in [0, 0.1) is 6.92 Å².